The molecule has 2 rings (SSSR count). The van der Waals surface area contributed by atoms with E-state index in [4.69, 9.17) is 17.3 Å². The Morgan fingerprint density at radius 2 is 2.16 bits per heavy atom. The van der Waals surface area contributed by atoms with Gasteiger partial charge in [0, 0.05) is 12.1 Å². The molecule has 0 spiro atoms. The van der Waals surface area contributed by atoms with Crippen molar-refractivity contribution in [2.75, 3.05) is 0 Å². The zero-order chi connectivity index (χ0) is 14.0. The average Bonchev–Trinajstić information content (AvgIpc) is 2.38. The van der Waals surface area contributed by atoms with Gasteiger partial charge < -0.3 is 5.73 Å². The highest BCUT2D eigenvalue weighted by Crippen LogP contribution is 2.35. The zero-order valence-corrected chi connectivity index (χ0v) is 10.6. The first-order valence-corrected chi connectivity index (χ1v) is 6.09. The van der Waals surface area contributed by atoms with E-state index in [0.717, 1.165) is 12.2 Å². The molecule has 0 fully saturated rings. The summed E-state index contributed by atoms with van der Waals surface area (Å²) in [5.41, 5.74) is 5.88. The highest BCUT2D eigenvalue weighted by Gasteiger charge is 2.34. The summed E-state index contributed by atoms with van der Waals surface area (Å²) >= 11 is 5.98. The van der Waals surface area contributed by atoms with Gasteiger partial charge in [0.25, 0.3) is 0 Å². The molecule has 0 aromatic carbocycles. The molecule has 2 N–H and O–H groups in total. The SMILES string of the molecule is NC(c1ncccc1Cl)C1C=CC(C(F)(F)F)=CC1. The standard InChI is InChI=1S/C13H12ClF3N2/c14-10-2-1-7-19-12(10)11(18)8-3-5-9(6-4-8)13(15,16)17/h1-3,5-8,11H,4,18H2. The molecular formula is C13H12ClF3N2. The largest absolute Gasteiger partial charge is 0.416 e. The van der Waals surface area contributed by atoms with E-state index in [1.165, 1.54) is 6.08 Å². The average molecular weight is 289 g/mol. The Kier molecular flexibility index (Phi) is 3.96. The summed E-state index contributed by atoms with van der Waals surface area (Å²) in [5.74, 6) is -0.238. The third-order valence-corrected chi connectivity index (χ3v) is 3.34. The van der Waals surface area contributed by atoms with E-state index < -0.39 is 17.8 Å². The quantitative estimate of drug-likeness (QED) is 0.899. The first-order valence-electron chi connectivity index (χ1n) is 5.71. The Bertz CT molecular complexity index is 523. The van der Waals surface area contributed by atoms with Crippen LogP contribution in [-0.2, 0) is 0 Å². The number of alkyl halides is 3. The smallest absolute Gasteiger partial charge is 0.322 e. The van der Waals surface area contributed by atoms with Crippen LogP contribution in [0.5, 0.6) is 0 Å². The molecule has 0 aliphatic heterocycles. The topological polar surface area (TPSA) is 38.9 Å². The lowest BCUT2D eigenvalue weighted by atomic mass is 9.88. The summed E-state index contributed by atoms with van der Waals surface area (Å²) < 4.78 is 37.4. The molecule has 0 amide bonds. The molecular weight excluding hydrogens is 277 g/mol. The lowest BCUT2D eigenvalue weighted by Gasteiger charge is -2.23. The molecule has 2 atom stereocenters. The molecule has 19 heavy (non-hydrogen) atoms. The van der Waals surface area contributed by atoms with E-state index in [1.807, 2.05) is 0 Å². The molecule has 1 aromatic rings. The van der Waals surface area contributed by atoms with Crippen molar-refractivity contribution in [1.29, 1.82) is 0 Å². The summed E-state index contributed by atoms with van der Waals surface area (Å²) in [6.45, 7) is 0. The maximum absolute atomic E-state index is 12.5. The first kappa shape index (κ1) is 14.1. The third-order valence-electron chi connectivity index (χ3n) is 3.02. The monoisotopic (exact) mass is 288 g/mol. The molecule has 1 aliphatic rings. The normalized spacial score (nSPS) is 21.1. The Labute approximate surface area is 113 Å². The Morgan fingerprint density at radius 3 is 2.68 bits per heavy atom. The van der Waals surface area contributed by atoms with Crippen molar-refractivity contribution in [3.8, 4) is 0 Å². The fourth-order valence-electron chi connectivity index (χ4n) is 1.96. The van der Waals surface area contributed by atoms with E-state index in [0.29, 0.717) is 10.7 Å². The van der Waals surface area contributed by atoms with Gasteiger partial charge in [-0.25, -0.2) is 0 Å². The van der Waals surface area contributed by atoms with Crippen LogP contribution in [0, 0.1) is 5.92 Å². The van der Waals surface area contributed by atoms with Crippen molar-refractivity contribution in [2.45, 2.75) is 18.6 Å². The van der Waals surface area contributed by atoms with Crippen molar-refractivity contribution in [3.05, 3.63) is 52.8 Å². The molecule has 102 valence electrons. The van der Waals surface area contributed by atoms with E-state index >= 15 is 0 Å². The predicted octanol–water partition coefficient (Wildman–Crippen LogP) is 3.80. The van der Waals surface area contributed by atoms with Crippen LogP contribution in [-0.4, -0.2) is 11.2 Å². The second kappa shape index (κ2) is 5.35. The maximum atomic E-state index is 12.5. The summed E-state index contributed by atoms with van der Waals surface area (Å²) in [7, 11) is 0. The number of rotatable bonds is 2. The van der Waals surface area contributed by atoms with Crippen molar-refractivity contribution >= 4 is 11.6 Å². The minimum atomic E-state index is -4.31. The molecule has 0 radical (unpaired) electrons. The summed E-state index contributed by atoms with van der Waals surface area (Å²) in [4.78, 5) is 4.09. The Hall–Kier alpha value is -1.33. The van der Waals surface area contributed by atoms with E-state index in [-0.39, 0.29) is 12.3 Å². The van der Waals surface area contributed by atoms with Crippen molar-refractivity contribution < 1.29 is 13.2 Å². The van der Waals surface area contributed by atoms with Crippen LogP contribution in [0.3, 0.4) is 0 Å². The van der Waals surface area contributed by atoms with Gasteiger partial charge in [-0.05, 0) is 18.6 Å². The lowest BCUT2D eigenvalue weighted by molar-refractivity contribution is -0.0887. The summed E-state index contributed by atoms with van der Waals surface area (Å²) in [6.07, 6.45) is 1.16. The van der Waals surface area contributed by atoms with Crippen LogP contribution in [0.15, 0.2) is 42.1 Å². The lowest BCUT2D eigenvalue weighted by Crippen LogP contribution is -2.23. The zero-order valence-electron chi connectivity index (χ0n) is 9.86. The van der Waals surface area contributed by atoms with Gasteiger partial charge in [-0.2, -0.15) is 13.2 Å². The molecule has 1 heterocycles. The molecule has 0 saturated heterocycles. The minimum absolute atomic E-state index is 0.222. The summed E-state index contributed by atoms with van der Waals surface area (Å²) in [5, 5.41) is 0.425. The fraction of sp³-hybridized carbons (Fsp3) is 0.308. The number of allylic oxidation sites excluding steroid dienone is 3. The van der Waals surface area contributed by atoms with Gasteiger partial charge in [-0.15, -0.1) is 0 Å². The van der Waals surface area contributed by atoms with Crippen LogP contribution in [0.2, 0.25) is 5.02 Å². The number of hydrogen-bond donors (Lipinski definition) is 1. The maximum Gasteiger partial charge on any atom is 0.416 e. The van der Waals surface area contributed by atoms with Crippen LogP contribution < -0.4 is 5.73 Å². The Morgan fingerprint density at radius 1 is 1.42 bits per heavy atom. The van der Waals surface area contributed by atoms with Crippen molar-refractivity contribution in [3.63, 3.8) is 0 Å². The molecule has 6 heteroatoms. The fourth-order valence-corrected chi connectivity index (χ4v) is 2.21. The molecule has 0 saturated carbocycles. The van der Waals surface area contributed by atoms with E-state index in [1.54, 1.807) is 18.3 Å². The molecule has 0 bridgehead atoms. The number of nitrogens with two attached hydrogens (primary N) is 1. The van der Waals surface area contributed by atoms with Gasteiger partial charge >= 0.3 is 6.18 Å². The molecule has 2 nitrogen and oxygen atoms in total. The van der Waals surface area contributed by atoms with Crippen LogP contribution in [0.25, 0.3) is 0 Å². The second-order valence-electron chi connectivity index (χ2n) is 4.31. The molecule has 2 unspecified atom stereocenters. The van der Waals surface area contributed by atoms with Crippen molar-refractivity contribution in [1.82, 2.24) is 4.98 Å². The third kappa shape index (κ3) is 3.16. The van der Waals surface area contributed by atoms with E-state index in [2.05, 4.69) is 4.98 Å². The van der Waals surface area contributed by atoms with Gasteiger partial charge in [0.15, 0.2) is 0 Å². The van der Waals surface area contributed by atoms with Crippen LogP contribution in [0.4, 0.5) is 13.2 Å². The van der Waals surface area contributed by atoms with Gasteiger partial charge in [0.05, 0.1) is 22.3 Å². The van der Waals surface area contributed by atoms with E-state index in [9.17, 15) is 13.2 Å². The van der Waals surface area contributed by atoms with Crippen molar-refractivity contribution in [2.24, 2.45) is 11.7 Å². The minimum Gasteiger partial charge on any atom is -0.322 e. The highest BCUT2D eigenvalue weighted by molar-refractivity contribution is 6.31. The predicted molar refractivity (Wildman–Crippen MR) is 67.6 cm³/mol. The van der Waals surface area contributed by atoms with Gasteiger partial charge in [-0.1, -0.05) is 29.8 Å². The van der Waals surface area contributed by atoms with Crippen LogP contribution in [0.1, 0.15) is 18.2 Å². The number of aromatic nitrogens is 1. The number of pyridine rings is 1. The molecule has 1 aliphatic carbocycles. The van der Waals surface area contributed by atoms with Gasteiger partial charge in [0.2, 0.25) is 0 Å². The number of nitrogens with zero attached hydrogens (tertiary/aromatic N) is 1. The van der Waals surface area contributed by atoms with Gasteiger partial charge in [0.1, 0.15) is 0 Å². The number of hydrogen-bond acceptors (Lipinski definition) is 2. The Balaban J connectivity index is 2.13. The van der Waals surface area contributed by atoms with Crippen LogP contribution >= 0.6 is 11.6 Å². The first-order chi connectivity index (χ1) is 8.89. The molecule has 1 aromatic heterocycles. The number of halogens is 4. The second-order valence-corrected chi connectivity index (χ2v) is 4.72. The van der Waals surface area contributed by atoms with Gasteiger partial charge in [-0.3, -0.25) is 4.98 Å². The highest BCUT2D eigenvalue weighted by atomic mass is 35.5. The summed E-state index contributed by atoms with van der Waals surface area (Å²) in [6, 6.07) is 2.82.